The molecule has 2 amide bonds. The van der Waals surface area contributed by atoms with E-state index in [0.29, 0.717) is 11.4 Å². The highest BCUT2D eigenvalue weighted by Crippen LogP contribution is 2.34. The van der Waals surface area contributed by atoms with E-state index in [1.165, 1.54) is 11.3 Å². The third kappa shape index (κ3) is 10.4. The lowest BCUT2D eigenvalue weighted by Crippen LogP contribution is -2.50. The van der Waals surface area contributed by atoms with Gasteiger partial charge < -0.3 is 20.4 Å². The van der Waals surface area contributed by atoms with Crippen molar-refractivity contribution in [3.63, 3.8) is 0 Å². The summed E-state index contributed by atoms with van der Waals surface area (Å²) < 4.78 is 0. The molecule has 7 atom stereocenters. The quantitative estimate of drug-likeness (QED) is 0.175. The Labute approximate surface area is 296 Å². The predicted molar refractivity (Wildman–Crippen MR) is 193 cm³/mol. The molecule has 1 aromatic heterocycles. The van der Waals surface area contributed by atoms with E-state index >= 15 is 0 Å². The Morgan fingerprint density at radius 1 is 1.10 bits per heavy atom. The van der Waals surface area contributed by atoms with Gasteiger partial charge in [0.15, 0.2) is 5.78 Å². The zero-order valence-corrected chi connectivity index (χ0v) is 31.7. The number of aliphatic hydroxyl groups is 1. The monoisotopic (exact) mass is 698 g/mol. The van der Waals surface area contributed by atoms with Crippen LogP contribution in [-0.2, 0) is 20.8 Å². The topological polar surface area (TPSA) is 140 Å². The Morgan fingerprint density at radius 2 is 1.76 bits per heavy atom. The van der Waals surface area contributed by atoms with Crippen LogP contribution in [0.4, 0.5) is 0 Å². The Kier molecular flexibility index (Phi) is 14.5. The Bertz CT molecular complexity index is 1430. The molecule has 1 aliphatic heterocycles. The first-order valence-corrected chi connectivity index (χ1v) is 18.6. The minimum Gasteiger partial charge on any atom is -0.481 e. The molecule has 1 aliphatic rings. The Hall–Kier alpha value is -3.15. The number of ketones is 1. The summed E-state index contributed by atoms with van der Waals surface area (Å²) in [4.78, 5) is 60.9. The van der Waals surface area contributed by atoms with Gasteiger partial charge in [-0.1, -0.05) is 70.9 Å². The van der Waals surface area contributed by atoms with Gasteiger partial charge in [-0.15, -0.1) is 11.3 Å². The van der Waals surface area contributed by atoms with Crippen molar-refractivity contribution in [2.75, 3.05) is 20.6 Å². The number of carbonyl (C=O) groups excluding carboxylic acids is 3. The molecule has 0 bridgehead atoms. The van der Waals surface area contributed by atoms with Gasteiger partial charge in [0.25, 0.3) is 5.91 Å². The molecule has 1 aromatic carbocycles. The van der Waals surface area contributed by atoms with Crippen LogP contribution < -0.4 is 5.32 Å². The molecule has 0 aliphatic carbocycles. The van der Waals surface area contributed by atoms with Gasteiger partial charge in [0.1, 0.15) is 16.8 Å². The van der Waals surface area contributed by atoms with Crippen LogP contribution in [-0.4, -0.2) is 86.8 Å². The third-order valence-electron chi connectivity index (χ3n) is 10.8. The van der Waals surface area contributed by atoms with E-state index in [0.717, 1.165) is 36.9 Å². The van der Waals surface area contributed by atoms with Crippen molar-refractivity contribution in [3.05, 3.63) is 51.5 Å². The first-order chi connectivity index (χ1) is 23.0. The van der Waals surface area contributed by atoms with Gasteiger partial charge in [0.05, 0.1) is 11.5 Å². The number of aliphatic hydroxyl groups excluding tert-OH is 1. The lowest BCUT2D eigenvalue weighted by atomic mass is 9.80. The average Bonchev–Trinajstić information content (AvgIpc) is 3.69. The number of amides is 2. The van der Waals surface area contributed by atoms with E-state index in [2.05, 4.69) is 15.2 Å². The van der Waals surface area contributed by atoms with E-state index in [9.17, 15) is 29.4 Å². The number of aliphatic carboxylic acids is 1. The van der Waals surface area contributed by atoms with Crippen molar-refractivity contribution in [1.82, 2.24) is 20.1 Å². The smallest absolute Gasteiger partial charge is 0.306 e. The molecule has 0 saturated carbocycles. The van der Waals surface area contributed by atoms with E-state index in [4.69, 9.17) is 0 Å². The molecule has 2 aromatic rings. The van der Waals surface area contributed by atoms with Gasteiger partial charge in [0, 0.05) is 43.3 Å². The summed E-state index contributed by atoms with van der Waals surface area (Å²) in [5, 5.41) is 25.8. The maximum absolute atomic E-state index is 14.1. The third-order valence-corrected chi connectivity index (χ3v) is 11.7. The molecule has 0 spiro atoms. The zero-order chi connectivity index (χ0) is 36.6. The van der Waals surface area contributed by atoms with Gasteiger partial charge in [-0.25, -0.2) is 4.98 Å². The molecule has 10 nitrogen and oxygen atoms in total. The second-order valence-electron chi connectivity index (χ2n) is 14.8. The first kappa shape index (κ1) is 40.3. The number of benzene rings is 1. The van der Waals surface area contributed by atoms with Gasteiger partial charge in [0.2, 0.25) is 5.91 Å². The fourth-order valence-electron chi connectivity index (χ4n) is 6.85. The highest BCUT2D eigenvalue weighted by atomic mass is 32.1. The average molecular weight is 699 g/mol. The Balaban J connectivity index is 1.72. The molecule has 3 N–H and O–H groups in total. The molecular weight excluding hydrogens is 641 g/mol. The number of rotatable bonds is 18. The summed E-state index contributed by atoms with van der Waals surface area (Å²) in [5.74, 6) is -2.43. The standard InChI is InChI=1S/C38H58N4O6S/c1-10-25(5)29(20-33(44)38(7)16-11-17-41(38)8)36(46)42(9)31(23(2)3)21-32(43)35-40-30(22-49-35)34(45)39-28(18-26(6)37(47)48)19-27-14-12-24(4)13-15-27/h12-15,22-23,25-26,28-29,31-32,43H,10-11,16-21H2,1-9H3,(H,39,45)(H,47,48)/t25-,26-,28+,29-,31+,32+,38+/m0/s1. The number of carboxylic acids is 1. The molecule has 0 unspecified atom stereocenters. The fourth-order valence-corrected chi connectivity index (χ4v) is 7.65. The van der Waals surface area contributed by atoms with Crippen LogP contribution in [0.1, 0.15) is 113 Å². The van der Waals surface area contributed by atoms with Crippen LogP contribution in [0.5, 0.6) is 0 Å². The van der Waals surface area contributed by atoms with Crippen molar-refractivity contribution < 1.29 is 29.4 Å². The number of carbonyl (C=O) groups is 4. The SMILES string of the molecule is CC[C@H](C)[C@H](CC(=O)[C@@]1(C)CCCN1C)C(=O)N(C)[C@H](C[C@@H](O)c1nc(C(=O)N[C@@H](Cc2ccc(C)cc2)C[C@H](C)C(=O)O)cs1)C(C)C. The summed E-state index contributed by atoms with van der Waals surface area (Å²) in [7, 11) is 3.74. The van der Waals surface area contributed by atoms with Gasteiger partial charge in [-0.05, 0) is 70.5 Å². The predicted octanol–water partition coefficient (Wildman–Crippen LogP) is 5.92. The van der Waals surface area contributed by atoms with Gasteiger partial charge in [-0.3, -0.25) is 24.1 Å². The van der Waals surface area contributed by atoms with Crippen molar-refractivity contribution in [2.24, 2.45) is 23.7 Å². The van der Waals surface area contributed by atoms with E-state index in [1.54, 1.807) is 24.3 Å². The summed E-state index contributed by atoms with van der Waals surface area (Å²) in [6, 6.07) is 7.16. The van der Waals surface area contributed by atoms with E-state index in [-0.39, 0.29) is 54.5 Å². The molecular formula is C38H58N4O6S. The number of nitrogens with one attached hydrogen (secondary N) is 1. The number of likely N-dealkylation sites (tertiary alicyclic amines) is 1. The normalized spacial score (nSPS) is 20.3. The lowest BCUT2D eigenvalue weighted by Gasteiger charge is -2.37. The van der Waals surface area contributed by atoms with Crippen LogP contribution in [0, 0.1) is 30.6 Å². The van der Waals surface area contributed by atoms with Crippen molar-refractivity contribution in [3.8, 4) is 0 Å². The number of thiazole rings is 1. The number of aryl methyl sites for hydroxylation is 1. The molecule has 11 heteroatoms. The minimum atomic E-state index is -1.01. The second kappa shape index (κ2) is 17.7. The maximum atomic E-state index is 14.1. The highest BCUT2D eigenvalue weighted by molar-refractivity contribution is 7.09. The van der Waals surface area contributed by atoms with Crippen LogP contribution >= 0.6 is 11.3 Å². The molecule has 2 heterocycles. The second-order valence-corrected chi connectivity index (χ2v) is 15.7. The van der Waals surface area contributed by atoms with Crippen LogP contribution in [0.25, 0.3) is 0 Å². The summed E-state index contributed by atoms with van der Waals surface area (Å²) in [6.45, 7) is 14.6. The van der Waals surface area contributed by atoms with E-state index < -0.39 is 41.4 Å². The molecule has 272 valence electrons. The molecule has 49 heavy (non-hydrogen) atoms. The van der Waals surface area contributed by atoms with Gasteiger partial charge >= 0.3 is 5.97 Å². The van der Waals surface area contributed by atoms with Gasteiger partial charge in [-0.2, -0.15) is 0 Å². The Morgan fingerprint density at radius 3 is 2.31 bits per heavy atom. The number of aromatic nitrogens is 1. The number of hydrogen-bond acceptors (Lipinski definition) is 8. The summed E-state index contributed by atoms with van der Waals surface area (Å²) >= 11 is 1.18. The maximum Gasteiger partial charge on any atom is 0.306 e. The molecule has 0 radical (unpaired) electrons. The van der Waals surface area contributed by atoms with Crippen molar-refractivity contribution >= 4 is 34.9 Å². The van der Waals surface area contributed by atoms with Crippen molar-refractivity contribution in [2.45, 2.75) is 117 Å². The lowest BCUT2D eigenvalue weighted by molar-refractivity contribution is -0.143. The van der Waals surface area contributed by atoms with Crippen molar-refractivity contribution in [1.29, 1.82) is 0 Å². The highest BCUT2D eigenvalue weighted by Gasteiger charge is 2.43. The molecule has 1 fully saturated rings. The van der Waals surface area contributed by atoms with Crippen LogP contribution in [0.2, 0.25) is 0 Å². The minimum absolute atomic E-state index is 0.0110. The first-order valence-electron chi connectivity index (χ1n) is 17.7. The number of Topliss-reactive ketones (excluding diaryl/α,β-unsaturated/α-hetero) is 1. The van der Waals surface area contributed by atoms with Crippen LogP contribution in [0.3, 0.4) is 0 Å². The molecule has 1 saturated heterocycles. The summed E-state index contributed by atoms with van der Waals surface area (Å²) in [6.07, 6.45) is 2.65. The fraction of sp³-hybridized carbons (Fsp3) is 0.658. The largest absolute Gasteiger partial charge is 0.481 e. The number of likely N-dealkylation sites (N-methyl/N-ethyl adjacent to an activating group) is 1. The number of carboxylic acid groups (broad SMARTS) is 1. The molecule has 3 rings (SSSR count). The van der Waals surface area contributed by atoms with E-state index in [1.807, 2.05) is 72.9 Å². The summed E-state index contributed by atoms with van der Waals surface area (Å²) in [5.41, 5.74) is 1.70. The zero-order valence-electron chi connectivity index (χ0n) is 30.9. The van der Waals surface area contributed by atoms with Crippen LogP contribution in [0.15, 0.2) is 29.6 Å². The number of hydrogen-bond donors (Lipinski definition) is 3. The number of nitrogens with zero attached hydrogens (tertiary/aromatic N) is 3.